The maximum atomic E-state index is 13.5. The summed E-state index contributed by atoms with van der Waals surface area (Å²) in [5.41, 5.74) is 2.35. The number of nitrogens with zero attached hydrogens (tertiary/aromatic N) is 2. The van der Waals surface area contributed by atoms with E-state index in [9.17, 15) is 9.59 Å². The molecular weight excluding hydrogens is 478 g/mol. The van der Waals surface area contributed by atoms with Crippen LogP contribution >= 0.6 is 11.8 Å². The first-order valence-electron chi connectivity index (χ1n) is 13.9. The third kappa shape index (κ3) is 8.21. The zero-order chi connectivity index (χ0) is 25.9. The van der Waals surface area contributed by atoms with E-state index >= 15 is 0 Å². The minimum absolute atomic E-state index is 0.000699. The van der Waals surface area contributed by atoms with Crippen LogP contribution in [0.4, 0.5) is 0 Å². The third-order valence-corrected chi connectivity index (χ3v) is 8.68. The largest absolute Gasteiger partial charge is 0.355 e. The molecule has 2 atom stereocenters. The molecule has 2 aliphatic rings. The van der Waals surface area contributed by atoms with Gasteiger partial charge in [0.05, 0.1) is 4.91 Å². The van der Waals surface area contributed by atoms with Crippen molar-refractivity contribution < 1.29 is 9.59 Å². The molecule has 1 saturated carbocycles. The second-order valence-electron chi connectivity index (χ2n) is 10.2. The van der Waals surface area contributed by atoms with Crippen LogP contribution in [-0.2, 0) is 16.1 Å². The Balaban J connectivity index is 1.31. The summed E-state index contributed by atoms with van der Waals surface area (Å²) in [5.74, 6) is -0.0486. The Morgan fingerprint density at radius 2 is 1.73 bits per heavy atom. The van der Waals surface area contributed by atoms with Gasteiger partial charge in [0.2, 0.25) is 5.91 Å². The van der Waals surface area contributed by atoms with Gasteiger partial charge in [-0.1, -0.05) is 86.8 Å². The molecule has 1 saturated heterocycles. The zero-order valence-corrected chi connectivity index (χ0v) is 22.9. The van der Waals surface area contributed by atoms with Crippen molar-refractivity contribution in [2.75, 3.05) is 26.2 Å². The van der Waals surface area contributed by atoms with Crippen molar-refractivity contribution in [3.63, 3.8) is 0 Å². The fourth-order valence-electron chi connectivity index (χ4n) is 5.30. The lowest BCUT2D eigenvalue weighted by molar-refractivity contribution is -0.135. The van der Waals surface area contributed by atoms with Gasteiger partial charge in [0.1, 0.15) is 6.54 Å². The molecule has 198 valence electrons. The highest BCUT2D eigenvalue weighted by molar-refractivity contribution is 8.04. The van der Waals surface area contributed by atoms with Crippen LogP contribution in [0.1, 0.15) is 63.0 Å². The van der Waals surface area contributed by atoms with Gasteiger partial charge in [-0.3, -0.25) is 14.5 Å². The molecule has 2 aromatic carbocycles. The molecule has 1 heterocycles. The summed E-state index contributed by atoms with van der Waals surface area (Å²) in [5, 5.41) is 3.47. The highest BCUT2D eigenvalue weighted by atomic mass is 32.2. The predicted octanol–water partition coefficient (Wildman–Crippen LogP) is 5.72. The second-order valence-corrected chi connectivity index (χ2v) is 11.5. The molecular formula is C31H41N3O2S. The van der Waals surface area contributed by atoms with Crippen LogP contribution in [0.15, 0.2) is 65.6 Å². The number of nitrogens with one attached hydrogen (secondary N) is 1. The average Bonchev–Trinajstić information content (AvgIpc) is 2.93. The van der Waals surface area contributed by atoms with Gasteiger partial charge < -0.3 is 10.2 Å². The third-order valence-electron chi connectivity index (χ3n) is 7.28. The first kappa shape index (κ1) is 27.5. The van der Waals surface area contributed by atoms with Crippen LogP contribution in [0.3, 0.4) is 0 Å². The van der Waals surface area contributed by atoms with Gasteiger partial charge in [0, 0.05) is 30.9 Å². The van der Waals surface area contributed by atoms with E-state index in [0.29, 0.717) is 11.8 Å². The Bertz CT molecular complexity index is 1030. The minimum atomic E-state index is -0.0493. The van der Waals surface area contributed by atoms with Gasteiger partial charge in [-0.2, -0.15) is 0 Å². The fourth-order valence-corrected chi connectivity index (χ4v) is 6.77. The summed E-state index contributed by atoms with van der Waals surface area (Å²) in [6, 6.07) is 20.7. The monoisotopic (exact) mass is 519 g/mol. The highest BCUT2D eigenvalue weighted by Gasteiger charge is 2.41. The summed E-state index contributed by atoms with van der Waals surface area (Å²) >= 11 is 1.71. The van der Waals surface area contributed by atoms with Gasteiger partial charge >= 0.3 is 0 Å². The van der Waals surface area contributed by atoms with Gasteiger partial charge in [-0.05, 0) is 49.4 Å². The predicted molar refractivity (Wildman–Crippen MR) is 154 cm³/mol. The van der Waals surface area contributed by atoms with E-state index in [1.54, 1.807) is 11.8 Å². The zero-order valence-electron chi connectivity index (χ0n) is 22.1. The van der Waals surface area contributed by atoms with Gasteiger partial charge in [-0.15, -0.1) is 11.8 Å². The molecule has 0 aromatic heterocycles. The quantitative estimate of drug-likeness (QED) is 0.288. The first-order valence-corrected chi connectivity index (χ1v) is 14.8. The van der Waals surface area contributed by atoms with Crippen molar-refractivity contribution in [2.24, 2.45) is 0 Å². The molecule has 5 nitrogen and oxygen atoms in total. The number of benzene rings is 2. The second kappa shape index (κ2) is 14.4. The molecule has 2 aromatic rings. The molecule has 4 rings (SSSR count). The Morgan fingerprint density at radius 3 is 2.49 bits per heavy atom. The van der Waals surface area contributed by atoms with E-state index in [1.165, 1.54) is 24.8 Å². The first-order chi connectivity index (χ1) is 18.1. The maximum Gasteiger partial charge on any atom is 0.261 e. The smallest absolute Gasteiger partial charge is 0.261 e. The number of hydrogen-bond donors (Lipinski definition) is 1. The van der Waals surface area contributed by atoms with E-state index in [4.69, 9.17) is 0 Å². The molecule has 2 amide bonds. The number of thioether (sulfide) groups is 1. The molecule has 2 unspecified atom stereocenters. The van der Waals surface area contributed by atoms with E-state index in [0.717, 1.165) is 55.8 Å². The topological polar surface area (TPSA) is 52.7 Å². The number of hydrogen-bond acceptors (Lipinski definition) is 4. The Hall–Kier alpha value is -2.57. The molecule has 1 N–H and O–H groups in total. The number of rotatable bonds is 12. The Labute approximate surface area is 226 Å². The number of fused-ring (bicyclic) bond motifs is 1. The fraction of sp³-hybridized carbons (Fsp3) is 0.484. The lowest BCUT2D eigenvalue weighted by atomic mass is 9.93. The van der Waals surface area contributed by atoms with Crippen LogP contribution in [0.25, 0.3) is 6.08 Å². The van der Waals surface area contributed by atoms with Gasteiger partial charge in [-0.25, -0.2) is 0 Å². The summed E-state index contributed by atoms with van der Waals surface area (Å²) < 4.78 is 0. The summed E-state index contributed by atoms with van der Waals surface area (Å²) in [6.45, 7) is 5.96. The van der Waals surface area contributed by atoms with Crippen molar-refractivity contribution in [2.45, 2.75) is 69.7 Å². The molecule has 6 heteroatoms. The van der Waals surface area contributed by atoms with Gasteiger partial charge in [0.15, 0.2) is 0 Å². The lowest BCUT2D eigenvalue weighted by Gasteiger charge is -2.43. The number of amides is 2. The number of carbonyl (C=O) groups excluding carboxylic acids is 2. The van der Waals surface area contributed by atoms with Crippen molar-refractivity contribution >= 4 is 29.7 Å². The lowest BCUT2D eigenvalue weighted by Crippen LogP contribution is -2.54. The number of carbonyl (C=O) groups is 2. The molecule has 1 aliphatic heterocycles. The van der Waals surface area contributed by atoms with Crippen LogP contribution in [0, 0.1) is 0 Å². The molecule has 0 bridgehead atoms. The summed E-state index contributed by atoms with van der Waals surface area (Å²) in [4.78, 5) is 31.5. The van der Waals surface area contributed by atoms with E-state index in [-0.39, 0.29) is 24.4 Å². The Kier molecular flexibility index (Phi) is 10.7. The average molecular weight is 520 g/mol. The number of unbranched alkanes of at least 4 members (excludes halogenated alkanes) is 1. The Morgan fingerprint density at radius 1 is 1.03 bits per heavy atom. The minimum Gasteiger partial charge on any atom is -0.355 e. The van der Waals surface area contributed by atoms with Crippen molar-refractivity contribution in [3.05, 3.63) is 76.7 Å². The molecule has 0 radical (unpaired) electrons. The van der Waals surface area contributed by atoms with Crippen molar-refractivity contribution in [3.8, 4) is 0 Å². The normalized spacial score (nSPS) is 20.8. The summed E-state index contributed by atoms with van der Waals surface area (Å²) in [7, 11) is 0. The van der Waals surface area contributed by atoms with E-state index in [1.807, 2.05) is 41.3 Å². The van der Waals surface area contributed by atoms with Gasteiger partial charge in [0.25, 0.3) is 5.91 Å². The highest BCUT2D eigenvalue weighted by Crippen LogP contribution is 2.42. The summed E-state index contributed by atoms with van der Waals surface area (Å²) in [6.07, 6.45) is 9.64. The van der Waals surface area contributed by atoms with Crippen LogP contribution in [-0.4, -0.2) is 59.1 Å². The molecule has 1 aliphatic carbocycles. The molecule has 37 heavy (non-hydrogen) atoms. The van der Waals surface area contributed by atoms with E-state index in [2.05, 4.69) is 47.5 Å². The SMILES string of the molecule is CCCCN(CCCNC(=O)CN1C(=O)/C(=C/c2ccccc2)SC2CCCCC21)Cc1ccccc1. The van der Waals surface area contributed by atoms with Crippen LogP contribution in [0.5, 0.6) is 0 Å². The maximum absolute atomic E-state index is 13.5. The van der Waals surface area contributed by atoms with Crippen molar-refractivity contribution in [1.82, 2.24) is 15.1 Å². The molecule has 2 fully saturated rings. The van der Waals surface area contributed by atoms with Crippen molar-refractivity contribution in [1.29, 1.82) is 0 Å². The van der Waals surface area contributed by atoms with Crippen LogP contribution < -0.4 is 5.32 Å². The molecule has 0 spiro atoms. The van der Waals surface area contributed by atoms with Crippen LogP contribution in [0.2, 0.25) is 0 Å². The van der Waals surface area contributed by atoms with E-state index < -0.39 is 0 Å². The standard InChI is InChI=1S/C31H41N3O2S/c1-2-3-20-33(23-26-15-8-5-9-16-26)21-12-19-32-30(35)24-34-27-17-10-11-18-28(27)37-29(31(34)36)22-25-13-6-4-7-14-25/h4-9,13-16,22,27-28H,2-3,10-12,17-21,23-24H2,1H3,(H,32,35)/b29-22-.